The van der Waals surface area contributed by atoms with E-state index in [9.17, 15) is 14.3 Å². The van der Waals surface area contributed by atoms with Crippen molar-refractivity contribution in [2.45, 2.75) is 38.8 Å². The number of nitriles is 1. The molecule has 1 unspecified atom stereocenters. The topological polar surface area (TPSA) is 73.1 Å². The Kier molecular flexibility index (Phi) is 5.02. The Balaban J connectivity index is 2.89. The quantitative estimate of drug-likeness (QED) is 0.827. The van der Waals surface area contributed by atoms with E-state index in [1.807, 2.05) is 13.0 Å². The fraction of sp³-hybridized carbons (Fsp3) is 0.429. The maximum atomic E-state index is 13.2. The van der Waals surface area contributed by atoms with Crippen LogP contribution in [0.1, 0.15) is 37.8 Å². The van der Waals surface area contributed by atoms with Crippen LogP contribution < -0.4 is 5.32 Å². The standard InChI is InChI=1S/C14H17FN2O2/c1-3-6-14(2,13(18)19)17-9-11-7-12(15)5-4-10(11)8-16/h4-5,7,17H,3,6,9H2,1-2H3,(H,18,19). The molecule has 102 valence electrons. The number of aliphatic carboxylic acids is 1. The van der Waals surface area contributed by atoms with Gasteiger partial charge in [0.2, 0.25) is 0 Å². The summed E-state index contributed by atoms with van der Waals surface area (Å²) in [5.41, 5.74) is -0.266. The van der Waals surface area contributed by atoms with Crippen LogP contribution in [-0.2, 0) is 11.3 Å². The molecular formula is C14H17FN2O2. The molecule has 5 heteroatoms. The Morgan fingerprint density at radius 1 is 1.58 bits per heavy atom. The van der Waals surface area contributed by atoms with Crippen LogP contribution in [0, 0.1) is 17.1 Å². The van der Waals surface area contributed by atoms with Gasteiger partial charge in [-0.15, -0.1) is 0 Å². The molecule has 0 bridgehead atoms. The van der Waals surface area contributed by atoms with Crippen LogP contribution in [-0.4, -0.2) is 16.6 Å². The van der Waals surface area contributed by atoms with E-state index in [1.165, 1.54) is 18.2 Å². The van der Waals surface area contributed by atoms with E-state index >= 15 is 0 Å². The van der Waals surface area contributed by atoms with Gasteiger partial charge in [-0.05, 0) is 37.1 Å². The Labute approximate surface area is 111 Å². The van der Waals surface area contributed by atoms with Gasteiger partial charge in [0.1, 0.15) is 11.4 Å². The van der Waals surface area contributed by atoms with Gasteiger partial charge in [-0.1, -0.05) is 13.3 Å². The summed E-state index contributed by atoms with van der Waals surface area (Å²) in [6.45, 7) is 3.62. The van der Waals surface area contributed by atoms with Crippen LogP contribution in [0.15, 0.2) is 18.2 Å². The minimum absolute atomic E-state index is 0.142. The molecule has 0 aromatic heterocycles. The highest BCUT2D eigenvalue weighted by atomic mass is 19.1. The lowest BCUT2D eigenvalue weighted by molar-refractivity contribution is -0.144. The second kappa shape index (κ2) is 6.30. The molecule has 0 radical (unpaired) electrons. The molecule has 0 fully saturated rings. The zero-order chi connectivity index (χ0) is 14.5. The lowest BCUT2D eigenvalue weighted by Gasteiger charge is -2.26. The number of carbonyl (C=O) groups is 1. The predicted molar refractivity (Wildman–Crippen MR) is 68.9 cm³/mol. The molecule has 0 aliphatic heterocycles. The molecule has 0 saturated heterocycles. The Morgan fingerprint density at radius 3 is 2.79 bits per heavy atom. The molecule has 0 saturated carbocycles. The molecule has 0 spiro atoms. The molecule has 0 heterocycles. The van der Waals surface area contributed by atoms with E-state index in [0.717, 1.165) is 0 Å². The van der Waals surface area contributed by atoms with Gasteiger partial charge in [0.25, 0.3) is 0 Å². The summed E-state index contributed by atoms with van der Waals surface area (Å²) in [6.07, 6.45) is 1.17. The fourth-order valence-electron chi connectivity index (χ4n) is 1.88. The maximum Gasteiger partial charge on any atom is 0.323 e. The molecule has 0 aliphatic carbocycles. The number of hydrogen-bond acceptors (Lipinski definition) is 3. The fourth-order valence-corrected chi connectivity index (χ4v) is 1.88. The lowest BCUT2D eigenvalue weighted by atomic mass is 9.95. The summed E-state index contributed by atoms with van der Waals surface area (Å²) in [4.78, 5) is 11.3. The molecule has 1 atom stereocenters. The second-order valence-electron chi connectivity index (χ2n) is 4.65. The van der Waals surface area contributed by atoms with Gasteiger partial charge in [0.15, 0.2) is 0 Å². The Hall–Kier alpha value is -1.93. The zero-order valence-electron chi connectivity index (χ0n) is 11.0. The summed E-state index contributed by atoms with van der Waals surface area (Å²) < 4.78 is 13.2. The van der Waals surface area contributed by atoms with Crippen molar-refractivity contribution in [1.29, 1.82) is 5.26 Å². The third-order valence-electron chi connectivity index (χ3n) is 3.08. The van der Waals surface area contributed by atoms with Crippen molar-refractivity contribution in [1.82, 2.24) is 5.32 Å². The summed E-state index contributed by atoms with van der Waals surface area (Å²) in [7, 11) is 0. The van der Waals surface area contributed by atoms with Gasteiger partial charge >= 0.3 is 5.97 Å². The molecule has 4 nitrogen and oxygen atoms in total. The first-order valence-electron chi connectivity index (χ1n) is 6.10. The third-order valence-corrected chi connectivity index (χ3v) is 3.08. The Bertz CT molecular complexity index is 511. The predicted octanol–water partition coefficient (Wildman–Crippen LogP) is 2.43. The highest BCUT2D eigenvalue weighted by Gasteiger charge is 2.31. The smallest absolute Gasteiger partial charge is 0.323 e. The van der Waals surface area contributed by atoms with Crippen LogP contribution in [0.2, 0.25) is 0 Å². The van der Waals surface area contributed by atoms with Crippen LogP contribution in [0.25, 0.3) is 0 Å². The van der Waals surface area contributed by atoms with E-state index < -0.39 is 17.3 Å². The van der Waals surface area contributed by atoms with Crippen molar-refractivity contribution in [2.24, 2.45) is 0 Å². The summed E-state index contributed by atoms with van der Waals surface area (Å²) in [5, 5.41) is 21.1. The molecule has 1 aromatic carbocycles. The molecular weight excluding hydrogens is 247 g/mol. The molecule has 1 aromatic rings. The van der Waals surface area contributed by atoms with Crippen LogP contribution in [0.3, 0.4) is 0 Å². The van der Waals surface area contributed by atoms with Crippen molar-refractivity contribution in [3.8, 4) is 6.07 Å². The number of benzene rings is 1. The van der Waals surface area contributed by atoms with E-state index in [0.29, 0.717) is 24.0 Å². The van der Waals surface area contributed by atoms with Crippen LogP contribution >= 0.6 is 0 Å². The van der Waals surface area contributed by atoms with Gasteiger partial charge in [0, 0.05) is 6.54 Å². The number of carboxylic acid groups (broad SMARTS) is 1. The van der Waals surface area contributed by atoms with Gasteiger partial charge in [-0.2, -0.15) is 5.26 Å². The van der Waals surface area contributed by atoms with Gasteiger partial charge in [-0.3, -0.25) is 10.1 Å². The highest BCUT2D eigenvalue weighted by molar-refractivity contribution is 5.78. The minimum atomic E-state index is -1.08. The molecule has 0 aliphatic rings. The summed E-state index contributed by atoms with van der Waals surface area (Å²) >= 11 is 0. The largest absolute Gasteiger partial charge is 0.480 e. The summed E-state index contributed by atoms with van der Waals surface area (Å²) in [6, 6.07) is 5.82. The van der Waals surface area contributed by atoms with Crippen molar-refractivity contribution in [3.05, 3.63) is 35.1 Å². The number of hydrogen-bond donors (Lipinski definition) is 2. The van der Waals surface area contributed by atoms with Gasteiger partial charge in [-0.25, -0.2) is 4.39 Å². The Morgan fingerprint density at radius 2 is 2.26 bits per heavy atom. The number of halogens is 1. The van der Waals surface area contributed by atoms with Crippen molar-refractivity contribution < 1.29 is 14.3 Å². The monoisotopic (exact) mass is 264 g/mol. The molecule has 19 heavy (non-hydrogen) atoms. The van der Waals surface area contributed by atoms with Crippen molar-refractivity contribution in [3.63, 3.8) is 0 Å². The second-order valence-corrected chi connectivity index (χ2v) is 4.65. The number of nitrogens with zero attached hydrogens (tertiary/aromatic N) is 1. The number of carboxylic acids is 1. The maximum absolute atomic E-state index is 13.2. The molecule has 1 rings (SSSR count). The lowest BCUT2D eigenvalue weighted by Crippen LogP contribution is -2.49. The van der Waals surface area contributed by atoms with E-state index in [4.69, 9.17) is 5.26 Å². The first kappa shape index (κ1) is 15.1. The molecule has 2 N–H and O–H groups in total. The van der Waals surface area contributed by atoms with E-state index in [2.05, 4.69) is 5.32 Å². The first-order chi connectivity index (χ1) is 8.92. The average molecular weight is 264 g/mol. The average Bonchev–Trinajstić information content (AvgIpc) is 2.36. The zero-order valence-corrected chi connectivity index (χ0v) is 11.0. The van der Waals surface area contributed by atoms with Gasteiger partial charge in [0.05, 0.1) is 11.6 Å². The first-order valence-corrected chi connectivity index (χ1v) is 6.10. The summed E-state index contributed by atoms with van der Waals surface area (Å²) in [5.74, 6) is -1.40. The molecule has 0 amide bonds. The van der Waals surface area contributed by atoms with Crippen LogP contribution in [0.4, 0.5) is 4.39 Å². The minimum Gasteiger partial charge on any atom is -0.480 e. The third kappa shape index (κ3) is 3.76. The van der Waals surface area contributed by atoms with E-state index in [1.54, 1.807) is 6.92 Å². The van der Waals surface area contributed by atoms with Crippen molar-refractivity contribution in [2.75, 3.05) is 0 Å². The van der Waals surface area contributed by atoms with E-state index in [-0.39, 0.29) is 6.54 Å². The van der Waals surface area contributed by atoms with Gasteiger partial charge < -0.3 is 5.11 Å². The van der Waals surface area contributed by atoms with Crippen LogP contribution in [0.5, 0.6) is 0 Å². The number of nitrogens with one attached hydrogen (secondary N) is 1. The SMILES string of the molecule is CCCC(C)(NCc1cc(F)ccc1C#N)C(=O)O. The normalized spacial score (nSPS) is 13.6. The highest BCUT2D eigenvalue weighted by Crippen LogP contribution is 2.16. The number of rotatable bonds is 6. The van der Waals surface area contributed by atoms with Crippen molar-refractivity contribution >= 4 is 5.97 Å².